The summed E-state index contributed by atoms with van der Waals surface area (Å²) in [6.45, 7) is 7.19. The van der Waals surface area contributed by atoms with Crippen LogP contribution in [-0.4, -0.2) is 14.5 Å². The molecule has 0 fully saturated rings. The third-order valence-electron chi connectivity index (χ3n) is 12.7. The number of hydrogen-bond donors (Lipinski definition) is 0. The van der Waals surface area contributed by atoms with Crippen LogP contribution in [0.2, 0.25) is 0 Å². The Morgan fingerprint density at radius 2 is 1.03 bits per heavy atom. The second-order valence-corrected chi connectivity index (χ2v) is 16.7. The number of allylic oxidation sites excluding steroid dienone is 4. The number of nitrogens with zero attached hydrogens (tertiary/aromatic N) is 3. The molecule has 0 saturated carbocycles. The minimum absolute atomic E-state index is 0.00767. The Kier molecular flexibility index (Phi) is 8.20. The molecule has 282 valence electrons. The average Bonchev–Trinajstić information content (AvgIpc) is 3.75. The molecule has 1 atom stereocenters. The van der Waals surface area contributed by atoms with Crippen LogP contribution in [0.15, 0.2) is 194 Å². The van der Waals surface area contributed by atoms with E-state index in [1.165, 1.54) is 49.7 Å². The van der Waals surface area contributed by atoms with Crippen molar-refractivity contribution in [3.8, 4) is 61.8 Å². The molecule has 2 heterocycles. The maximum Gasteiger partial charge on any atom is 0.235 e. The number of para-hydroxylation sites is 1. The first-order valence-electron chi connectivity index (χ1n) is 20.7. The van der Waals surface area contributed by atoms with E-state index >= 15 is 0 Å². The van der Waals surface area contributed by atoms with Gasteiger partial charge in [-0.3, -0.25) is 4.57 Å². The molecular weight excluding hydrogens is 715 g/mol. The van der Waals surface area contributed by atoms with Gasteiger partial charge >= 0.3 is 0 Å². The quantitative estimate of drug-likeness (QED) is 0.169. The third-order valence-corrected chi connectivity index (χ3v) is 12.7. The summed E-state index contributed by atoms with van der Waals surface area (Å²) in [5, 5.41) is 2.36. The highest BCUT2D eigenvalue weighted by atomic mass is 15.2. The van der Waals surface area contributed by atoms with Gasteiger partial charge in [0.15, 0.2) is 0 Å². The lowest BCUT2D eigenvalue weighted by Gasteiger charge is -2.30. The first kappa shape index (κ1) is 35.1. The van der Waals surface area contributed by atoms with Crippen molar-refractivity contribution in [2.75, 3.05) is 0 Å². The van der Waals surface area contributed by atoms with Crippen LogP contribution in [0.25, 0.3) is 89.2 Å². The van der Waals surface area contributed by atoms with Gasteiger partial charge in [0, 0.05) is 27.3 Å². The molecular formula is C56H43N3. The van der Waals surface area contributed by atoms with Crippen molar-refractivity contribution in [2.45, 2.75) is 32.6 Å². The zero-order valence-corrected chi connectivity index (χ0v) is 33.5. The average molecular weight is 758 g/mol. The molecule has 3 nitrogen and oxygen atoms in total. The predicted octanol–water partition coefficient (Wildman–Crippen LogP) is 14.5. The normalized spacial score (nSPS) is 15.5. The van der Waals surface area contributed by atoms with E-state index in [4.69, 9.17) is 9.97 Å². The Morgan fingerprint density at radius 3 is 1.71 bits per heavy atom. The van der Waals surface area contributed by atoms with Crippen LogP contribution in [0.5, 0.6) is 0 Å². The lowest BCUT2D eigenvalue weighted by atomic mass is 9.74. The fourth-order valence-electron chi connectivity index (χ4n) is 9.85. The molecule has 7 aromatic carbocycles. The Bertz CT molecular complexity index is 3060. The molecule has 0 N–H and O–H groups in total. The van der Waals surface area contributed by atoms with E-state index in [9.17, 15) is 0 Å². The van der Waals surface area contributed by atoms with Crippen molar-refractivity contribution in [1.82, 2.24) is 14.5 Å². The van der Waals surface area contributed by atoms with Gasteiger partial charge in [0.25, 0.3) is 0 Å². The van der Waals surface area contributed by atoms with Crippen molar-refractivity contribution in [2.24, 2.45) is 5.92 Å². The third kappa shape index (κ3) is 5.88. The summed E-state index contributed by atoms with van der Waals surface area (Å²) in [6, 6.07) is 63.3. The summed E-state index contributed by atoms with van der Waals surface area (Å²) in [4.78, 5) is 10.8. The summed E-state index contributed by atoms with van der Waals surface area (Å²) in [7, 11) is 0. The summed E-state index contributed by atoms with van der Waals surface area (Å²) in [5.74, 6) is 1.19. The maximum atomic E-state index is 5.41. The van der Waals surface area contributed by atoms with Crippen LogP contribution in [0.1, 0.15) is 38.3 Å². The van der Waals surface area contributed by atoms with Crippen molar-refractivity contribution in [1.29, 1.82) is 0 Å². The Labute approximate surface area is 345 Å². The molecule has 3 heteroatoms. The fraction of sp³-hybridized carbons (Fsp3) is 0.107. The second kappa shape index (κ2) is 13.8. The molecule has 2 aromatic heterocycles. The minimum atomic E-state index is -0.00767. The molecule has 1 unspecified atom stereocenters. The van der Waals surface area contributed by atoms with Gasteiger partial charge in [-0.05, 0) is 110 Å². The molecule has 0 aliphatic heterocycles. The largest absolute Gasteiger partial charge is 0.278 e. The van der Waals surface area contributed by atoms with Gasteiger partial charge in [-0.1, -0.05) is 166 Å². The summed E-state index contributed by atoms with van der Waals surface area (Å²) in [5.41, 5.74) is 18.9. The smallest absolute Gasteiger partial charge is 0.235 e. The lowest BCUT2D eigenvalue weighted by molar-refractivity contribution is 0.530. The molecule has 59 heavy (non-hydrogen) atoms. The van der Waals surface area contributed by atoms with E-state index in [0.29, 0.717) is 11.9 Å². The van der Waals surface area contributed by atoms with Crippen molar-refractivity contribution in [3.05, 3.63) is 205 Å². The molecule has 0 amide bonds. The van der Waals surface area contributed by atoms with E-state index in [1.54, 1.807) is 5.57 Å². The van der Waals surface area contributed by atoms with Crippen molar-refractivity contribution < 1.29 is 0 Å². The first-order chi connectivity index (χ1) is 28.9. The number of rotatable bonds is 6. The standard InChI is InChI=1S/C56H43N3/c1-36-15-12-25-47-45-29-27-42(34-49(45)56(2,3)54(36)47)41-28-30-53-48(33-41)46-24-10-11-26-52(46)59(53)55-57-50(43-22-13-20-39(31-43)37-16-6-4-7-17-37)35-51(58-55)44-23-14-21-40(32-44)38-18-8-5-9-19-38/h4-14,16-36H,15H2,1-3H3. The lowest BCUT2D eigenvalue weighted by Crippen LogP contribution is -2.22. The van der Waals surface area contributed by atoms with E-state index in [2.05, 4.69) is 213 Å². The van der Waals surface area contributed by atoms with Gasteiger partial charge in [0.1, 0.15) is 0 Å². The fourth-order valence-corrected chi connectivity index (χ4v) is 9.85. The number of aromatic nitrogens is 3. The monoisotopic (exact) mass is 757 g/mol. The van der Waals surface area contributed by atoms with Crippen molar-refractivity contribution >= 4 is 27.4 Å². The first-order valence-corrected chi connectivity index (χ1v) is 20.7. The van der Waals surface area contributed by atoms with Gasteiger partial charge in [-0.2, -0.15) is 0 Å². The molecule has 9 aromatic rings. The number of fused-ring (bicyclic) bond motifs is 5. The van der Waals surface area contributed by atoms with Crippen LogP contribution in [-0.2, 0) is 5.41 Å². The SMILES string of the molecule is CC1CC=CC2=C1C(C)(C)c1cc(-c3ccc4c(c3)c3ccccc3n4-c3nc(-c4cccc(-c5ccccc5)c4)cc(-c4cccc(-c5ccccc5)c4)n3)ccc12. The molecule has 0 spiro atoms. The Balaban J connectivity index is 1.08. The van der Waals surface area contributed by atoms with E-state index < -0.39 is 0 Å². The van der Waals surface area contributed by atoms with Crippen molar-refractivity contribution in [3.63, 3.8) is 0 Å². The molecule has 2 aliphatic rings. The molecule has 0 bridgehead atoms. The number of benzene rings is 7. The topological polar surface area (TPSA) is 30.7 Å². The summed E-state index contributed by atoms with van der Waals surface area (Å²) >= 11 is 0. The van der Waals surface area contributed by atoms with Crippen LogP contribution >= 0.6 is 0 Å². The second-order valence-electron chi connectivity index (χ2n) is 16.7. The zero-order valence-electron chi connectivity index (χ0n) is 33.5. The minimum Gasteiger partial charge on any atom is -0.278 e. The van der Waals surface area contributed by atoms with E-state index in [1.807, 2.05) is 0 Å². The summed E-state index contributed by atoms with van der Waals surface area (Å²) < 4.78 is 2.25. The Morgan fingerprint density at radius 1 is 0.492 bits per heavy atom. The van der Waals surface area contributed by atoms with Crippen LogP contribution in [0.4, 0.5) is 0 Å². The van der Waals surface area contributed by atoms with Crippen LogP contribution in [0.3, 0.4) is 0 Å². The molecule has 0 saturated heterocycles. The number of hydrogen-bond acceptors (Lipinski definition) is 2. The van der Waals surface area contributed by atoms with Crippen LogP contribution in [0, 0.1) is 5.92 Å². The van der Waals surface area contributed by atoms with Gasteiger partial charge < -0.3 is 0 Å². The zero-order chi connectivity index (χ0) is 39.7. The highest BCUT2D eigenvalue weighted by Gasteiger charge is 2.40. The van der Waals surface area contributed by atoms with Gasteiger partial charge in [-0.15, -0.1) is 0 Å². The molecule has 11 rings (SSSR count). The Hall–Kier alpha value is -7.10. The van der Waals surface area contributed by atoms with E-state index in [0.717, 1.165) is 51.1 Å². The maximum absolute atomic E-state index is 5.41. The van der Waals surface area contributed by atoms with Gasteiger partial charge in [0.2, 0.25) is 5.95 Å². The predicted molar refractivity (Wildman–Crippen MR) is 246 cm³/mol. The molecule has 0 radical (unpaired) electrons. The highest BCUT2D eigenvalue weighted by molar-refractivity contribution is 6.10. The van der Waals surface area contributed by atoms with Gasteiger partial charge in [0.05, 0.1) is 22.4 Å². The summed E-state index contributed by atoms with van der Waals surface area (Å²) in [6.07, 6.45) is 5.81. The van der Waals surface area contributed by atoms with Crippen LogP contribution < -0.4 is 0 Å². The molecule has 2 aliphatic carbocycles. The van der Waals surface area contributed by atoms with E-state index in [-0.39, 0.29) is 5.41 Å². The highest BCUT2D eigenvalue weighted by Crippen LogP contribution is 2.53. The van der Waals surface area contributed by atoms with Gasteiger partial charge in [-0.25, -0.2) is 9.97 Å².